The molecule has 0 N–H and O–H groups in total. The minimum absolute atomic E-state index is 0.743. The van der Waals surface area contributed by atoms with Crippen LogP contribution in [0.25, 0.3) is 0 Å². The van der Waals surface area contributed by atoms with Gasteiger partial charge in [-0.3, -0.25) is 0 Å². The standard InChI is InChI=1S/C13H22.C12H20.C7H14.C2H6/c1-3-13(2)11-5-9-4-10(7-11)8-12(13)6-9;1-7-9-3-11-5-10(7)6-12(4-9)8(11)2;1-7-5-3-2-4-6-7;1-2/h9-12H,3-8H2,1-2H3;7-12H,3-6H2,1-2H3;7H,2-6H2,1H3;1-2H3. The van der Waals surface area contributed by atoms with Gasteiger partial charge in [0.25, 0.3) is 0 Å². The molecule has 0 radical (unpaired) electrons. The van der Waals surface area contributed by atoms with Crippen molar-refractivity contribution < 1.29 is 0 Å². The molecule has 0 unspecified atom stereocenters. The summed E-state index contributed by atoms with van der Waals surface area (Å²) in [6.07, 6.45) is 23.1. The predicted molar refractivity (Wildman–Crippen MR) is 150 cm³/mol. The van der Waals surface area contributed by atoms with Crippen molar-refractivity contribution in [1.29, 1.82) is 0 Å². The van der Waals surface area contributed by atoms with Crippen molar-refractivity contribution in [2.45, 2.75) is 145 Å². The third kappa shape index (κ3) is 5.47. The summed E-state index contributed by atoms with van der Waals surface area (Å²) in [4.78, 5) is 0. The lowest BCUT2D eigenvalue weighted by atomic mass is 9.45. The van der Waals surface area contributed by atoms with Crippen LogP contribution in [0.3, 0.4) is 0 Å². The molecule has 0 atom stereocenters. The maximum atomic E-state index is 2.58. The molecule has 0 aromatic rings. The van der Waals surface area contributed by atoms with Crippen LogP contribution in [0.1, 0.15) is 145 Å². The van der Waals surface area contributed by atoms with Crippen molar-refractivity contribution in [3.05, 3.63) is 0 Å². The van der Waals surface area contributed by atoms with Gasteiger partial charge in [0.15, 0.2) is 0 Å². The minimum Gasteiger partial charge on any atom is -0.0683 e. The van der Waals surface area contributed by atoms with Gasteiger partial charge >= 0.3 is 0 Å². The second-order valence-corrected chi connectivity index (χ2v) is 14.6. The molecule has 0 amide bonds. The van der Waals surface area contributed by atoms with Crippen molar-refractivity contribution in [2.24, 2.45) is 70.5 Å². The second kappa shape index (κ2) is 11.6. The Bertz CT molecular complexity index is 534. The SMILES string of the molecule is CC.CC1C2CC3CC1CC(C2)C3C.CC1CCCCC1.CCC1(C)C2CC3CC(C2)CC1C3. The molecule has 9 rings (SSSR count). The van der Waals surface area contributed by atoms with Crippen LogP contribution in [-0.4, -0.2) is 0 Å². The first-order valence-electron chi connectivity index (χ1n) is 16.4. The highest BCUT2D eigenvalue weighted by atomic mass is 14.6. The molecule has 198 valence electrons. The molecule has 9 aliphatic carbocycles. The van der Waals surface area contributed by atoms with Gasteiger partial charge in [0, 0.05) is 0 Å². The second-order valence-electron chi connectivity index (χ2n) is 14.6. The van der Waals surface area contributed by atoms with Crippen LogP contribution < -0.4 is 0 Å². The smallest absolute Gasteiger partial charge is 0.0271 e. The average Bonchev–Trinajstić information content (AvgIpc) is 2.84. The molecule has 0 aromatic heterocycles. The summed E-state index contributed by atoms with van der Waals surface area (Å²) in [5.74, 6) is 12.2. The Hall–Kier alpha value is 0. The van der Waals surface area contributed by atoms with E-state index < -0.39 is 0 Å². The van der Waals surface area contributed by atoms with Gasteiger partial charge in [0.2, 0.25) is 0 Å². The van der Waals surface area contributed by atoms with Crippen molar-refractivity contribution in [3.63, 3.8) is 0 Å². The topological polar surface area (TPSA) is 0 Å². The highest BCUT2D eigenvalue weighted by molar-refractivity contribution is 5.03. The zero-order valence-corrected chi connectivity index (χ0v) is 24.5. The van der Waals surface area contributed by atoms with Crippen molar-refractivity contribution in [3.8, 4) is 0 Å². The summed E-state index contributed by atoms with van der Waals surface area (Å²) in [5, 5.41) is 0. The lowest BCUT2D eigenvalue weighted by Gasteiger charge is -2.60. The summed E-state index contributed by atoms with van der Waals surface area (Å²) >= 11 is 0. The molecule has 0 saturated heterocycles. The molecule has 0 aromatic carbocycles. The fourth-order valence-corrected chi connectivity index (χ4v) is 10.6. The van der Waals surface area contributed by atoms with E-state index in [1.807, 2.05) is 13.8 Å². The van der Waals surface area contributed by atoms with E-state index in [-0.39, 0.29) is 0 Å². The maximum Gasteiger partial charge on any atom is -0.0271 e. The summed E-state index contributed by atoms with van der Waals surface area (Å²) in [5.41, 5.74) is 0.743. The van der Waals surface area contributed by atoms with E-state index in [4.69, 9.17) is 0 Å². The van der Waals surface area contributed by atoms with Gasteiger partial charge in [-0.15, -0.1) is 0 Å². The highest BCUT2D eigenvalue weighted by Crippen LogP contribution is 2.63. The van der Waals surface area contributed by atoms with Gasteiger partial charge in [0.1, 0.15) is 0 Å². The maximum absolute atomic E-state index is 2.58. The van der Waals surface area contributed by atoms with Crippen LogP contribution in [-0.2, 0) is 0 Å². The largest absolute Gasteiger partial charge is 0.0683 e. The third-order valence-electron chi connectivity index (χ3n) is 13.1. The summed E-state index contributed by atoms with van der Waals surface area (Å²) in [6, 6.07) is 0. The number of rotatable bonds is 1. The minimum atomic E-state index is 0.743. The fraction of sp³-hybridized carbons (Fsp3) is 1.00. The number of hydrogen-bond acceptors (Lipinski definition) is 0. The molecular weight excluding hydrogens is 408 g/mol. The average molecular weight is 471 g/mol. The van der Waals surface area contributed by atoms with Crippen LogP contribution in [0, 0.1) is 70.5 Å². The molecule has 8 bridgehead atoms. The molecule has 9 aliphatic rings. The van der Waals surface area contributed by atoms with Crippen LogP contribution >= 0.6 is 0 Å². The first kappa shape index (κ1) is 27.0. The first-order chi connectivity index (χ1) is 16.4. The lowest BCUT2D eigenvalue weighted by molar-refractivity contribution is -0.1000. The predicted octanol–water partition coefficient (Wildman–Crippen LogP) is 10.8. The summed E-state index contributed by atoms with van der Waals surface area (Å²) < 4.78 is 0. The molecule has 0 spiro atoms. The monoisotopic (exact) mass is 470 g/mol. The lowest BCUT2D eigenvalue weighted by Crippen LogP contribution is -2.51. The Morgan fingerprint density at radius 1 is 0.559 bits per heavy atom. The van der Waals surface area contributed by atoms with Gasteiger partial charge in [0.05, 0.1) is 0 Å². The Kier molecular flexibility index (Phi) is 9.22. The van der Waals surface area contributed by atoms with E-state index in [1.165, 1.54) is 38.5 Å². The zero-order valence-electron chi connectivity index (χ0n) is 24.5. The van der Waals surface area contributed by atoms with Crippen molar-refractivity contribution in [2.75, 3.05) is 0 Å². The van der Waals surface area contributed by atoms with Crippen LogP contribution in [0.4, 0.5) is 0 Å². The zero-order chi connectivity index (χ0) is 24.5. The Balaban J connectivity index is 0.000000121. The van der Waals surface area contributed by atoms with Gasteiger partial charge < -0.3 is 0 Å². The number of hydrogen-bond donors (Lipinski definition) is 0. The highest BCUT2D eigenvalue weighted by Gasteiger charge is 2.53. The van der Waals surface area contributed by atoms with Gasteiger partial charge in [-0.05, 0) is 128 Å². The van der Waals surface area contributed by atoms with E-state index >= 15 is 0 Å². The third-order valence-corrected chi connectivity index (χ3v) is 13.1. The summed E-state index contributed by atoms with van der Waals surface area (Å²) in [6.45, 7) is 16.4. The molecule has 0 heteroatoms. The van der Waals surface area contributed by atoms with Crippen LogP contribution in [0.5, 0.6) is 0 Å². The van der Waals surface area contributed by atoms with E-state index in [0.717, 1.165) is 70.5 Å². The molecule has 0 aliphatic heterocycles. The molecular formula is C34H62. The quantitative estimate of drug-likeness (QED) is 0.357. The van der Waals surface area contributed by atoms with Crippen molar-refractivity contribution in [1.82, 2.24) is 0 Å². The Morgan fingerprint density at radius 2 is 0.941 bits per heavy atom. The fourth-order valence-electron chi connectivity index (χ4n) is 10.6. The van der Waals surface area contributed by atoms with Gasteiger partial charge in [-0.25, -0.2) is 0 Å². The molecule has 0 heterocycles. The Labute approximate surface area is 215 Å². The van der Waals surface area contributed by atoms with Crippen molar-refractivity contribution >= 4 is 0 Å². The van der Waals surface area contributed by atoms with Gasteiger partial charge in [-0.2, -0.15) is 0 Å². The van der Waals surface area contributed by atoms with E-state index in [1.54, 1.807) is 57.8 Å². The summed E-state index contributed by atoms with van der Waals surface area (Å²) in [7, 11) is 0. The first-order valence-corrected chi connectivity index (χ1v) is 16.4. The van der Waals surface area contributed by atoms with Crippen LogP contribution in [0.15, 0.2) is 0 Å². The van der Waals surface area contributed by atoms with Crippen LogP contribution in [0.2, 0.25) is 0 Å². The Morgan fingerprint density at radius 3 is 1.24 bits per heavy atom. The normalized spacial score (nSPS) is 49.9. The van der Waals surface area contributed by atoms with E-state index in [0.29, 0.717) is 0 Å². The molecule has 34 heavy (non-hydrogen) atoms. The van der Waals surface area contributed by atoms with E-state index in [2.05, 4.69) is 34.6 Å². The van der Waals surface area contributed by atoms with E-state index in [9.17, 15) is 0 Å². The molecule has 9 saturated carbocycles. The molecule has 9 fully saturated rings. The van der Waals surface area contributed by atoms with Gasteiger partial charge in [-0.1, -0.05) is 87.0 Å². The molecule has 0 nitrogen and oxygen atoms in total.